The second kappa shape index (κ2) is 9.62. The molecule has 140 valence electrons. The molecule has 1 aromatic heterocycles. The molecule has 1 aliphatic heterocycles. The maximum absolute atomic E-state index is 6.10. The molecule has 0 radical (unpaired) electrons. The Morgan fingerprint density at radius 2 is 2.00 bits per heavy atom. The van der Waals surface area contributed by atoms with Gasteiger partial charge in [-0.25, -0.2) is 0 Å². The van der Waals surface area contributed by atoms with E-state index in [1.165, 1.54) is 4.88 Å². The van der Waals surface area contributed by atoms with E-state index in [0.717, 1.165) is 50.7 Å². The van der Waals surface area contributed by atoms with Gasteiger partial charge in [0.05, 0.1) is 6.54 Å². The van der Waals surface area contributed by atoms with E-state index in [-0.39, 0.29) is 0 Å². The summed E-state index contributed by atoms with van der Waals surface area (Å²) in [5.74, 6) is 2.47. The van der Waals surface area contributed by atoms with Crippen molar-refractivity contribution < 1.29 is 4.74 Å². The molecule has 1 aliphatic rings. The van der Waals surface area contributed by atoms with Gasteiger partial charge in [-0.3, -0.25) is 4.99 Å². The molecule has 26 heavy (non-hydrogen) atoms. The third-order valence-corrected chi connectivity index (χ3v) is 5.77. The Bertz CT molecular complexity index is 664. The first-order valence-corrected chi connectivity index (χ1v) is 10.4. The number of benzene rings is 1. The van der Waals surface area contributed by atoms with Crippen LogP contribution in [0.5, 0.6) is 5.75 Å². The van der Waals surface area contributed by atoms with Crippen LogP contribution in [0, 0.1) is 0 Å². The molecule has 1 unspecified atom stereocenters. The average Bonchev–Trinajstić information content (AvgIpc) is 3.21. The number of para-hydroxylation sites is 1. The van der Waals surface area contributed by atoms with E-state index in [0.29, 0.717) is 12.0 Å². The van der Waals surface area contributed by atoms with Gasteiger partial charge in [0.2, 0.25) is 0 Å². The van der Waals surface area contributed by atoms with Crippen molar-refractivity contribution in [3.05, 3.63) is 52.7 Å². The van der Waals surface area contributed by atoms with E-state index >= 15 is 0 Å². The van der Waals surface area contributed by atoms with Crippen LogP contribution in [0.3, 0.4) is 0 Å². The number of likely N-dealkylation sites (tertiary alicyclic amines) is 1. The summed E-state index contributed by atoms with van der Waals surface area (Å²) in [4.78, 5) is 8.67. The number of guanidine groups is 1. The van der Waals surface area contributed by atoms with Gasteiger partial charge in [0.1, 0.15) is 11.9 Å². The highest BCUT2D eigenvalue weighted by Crippen LogP contribution is 2.22. The molecule has 0 spiro atoms. The second-order valence-electron chi connectivity index (χ2n) is 6.73. The number of rotatable bonds is 6. The predicted molar refractivity (Wildman–Crippen MR) is 110 cm³/mol. The predicted octanol–water partition coefficient (Wildman–Crippen LogP) is 4.36. The minimum atomic E-state index is 0.293. The summed E-state index contributed by atoms with van der Waals surface area (Å²) in [6, 6.07) is 14.4. The molecule has 0 bridgehead atoms. The van der Waals surface area contributed by atoms with E-state index < -0.39 is 0 Å². The maximum Gasteiger partial charge on any atom is 0.193 e. The molecule has 3 rings (SSSR count). The van der Waals surface area contributed by atoms with Crippen LogP contribution in [0.15, 0.2) is 52.8 Å². The smallest absolute Gasteiger partial charge is 0.193 e. The minimum absolute atomic E-state index is 0.293. The fourth-order valence-corrected chi connectivity index (χ4v) is 3.97. The first-order chi connectivity index (χ1) is 12.8. The zero-order valence-corrected chi connectivity index (χ0v) is 16.5. The van der Waals surface area contributed by atoms with Crippen LogP contribution in [0.2, 0.25) is 0 Å². The van der Waals surface area contributed by atoms with Crippen LogP contribution < -0.4 is 10.1 Å². The van der Waals surface area contributed by atoms with E-state index in [1.54, 1.807) is 0 Å². The number of piperidine rings is 1. The molecular formula is C21H29N3OS. The van der Waals surface area contributed by atoms with Crippen molar-refractivity contribution in [3.8, 4) is 5.75 Å². The Morgan fingerprint density at radius 1 is 1.23 bits per heavy atom. The van der Waals surface area contributed by atoms with Gasteiger partial charge in [0.15, 0.2) is 5.96 Å². The first-order valence-electron chi connectivity index (χ1n) is 9.54. The van der Waals surface area contributed by atoms with Crippen molar-refractivity contribution in [2.75, 3.05) is 26.2 Å². The lowest BCUT2D eigenvalue weighted by molar-refractivity contribution is 0.129. The van der Waals surface area contributed by atoms with Crippen molar-refractivity contribution >= 4 is 17.3 Å². The van der Waals surface area contributed by atoms with Crippen molar-refractivity contribution in [2.24, 2.45) is 4.99 Å². The van der Waals surface area contributed by atoms with E-state index in [2.05, 4.69) is 41.6 Å². The number of nitrogens with one attached hydrogen (secondary N) is 1. The number of thiophene rings is 1. The summed E-state index contributed by atoms with van der Waals surface area (Å²) in [5, 5.41) is 5.59. The molecule has 1 atom stereocenters. The highest BCUT2D eigenvalue weighted by Gasteiger charge is 2.22. The van der Waals surface area contributed by atoms with Gasteiger partial charge >= 0.3 is 0 Å². The maximum atomic E-state index is 6.10. The molecule has 4 nitrogen and oxygen atoms in total. The zero-order valence-electron chi connectivity index (χ0n) is 15.7. The number of nitrogens with zero attached hydrogens (tertiary/aromatic N) is 2. The molecule has 1 N–H and O–H groups in total. The van der Waals surface area contributed by atoms with Crippen LogP contribution in [0.25, 0.3) is 0 Å². The van der Waals surface area contributed by atoms with Gasteiger partial charge in [0, 0.05) is 43.3 Å². The Morgan fingerprint density at radius 3 is 2.65 bits per heavy atom. The van der Waals surface area contributed by atoms with Crippen molar-refractivity contribution in [2.45, 2.75) is 38.7 Å². The van der Waals surface area contributed by atoms with Crippen LogP contribution in [0.4, 0.5) is 0 Å². The number of hydrogen-bond donors (Lipinski definition) is 1. The summed E-state index contributed by atoms with van der Waals surface area (Å²) < 4.78 is 6.10. The number of aliphatic imine (C=N–C) groups is 1. The van der Waals surface area contributed by atoms with Crippen molar-refractivity contribution in [1.82, 2.24) is 10.2 Å². The fraction of sp³-hybridized carbons (Fsp3) is 0.476. The summed E-state index contributed by atoms with van der Waals surface area (Å²) >= 11 is 1.81. The number of hydrogen-bond acceptors (Lipinski definition) is 3. The lowest BCUT2D eigenvalue weighted by Gasteiger charge is -2.34. The summed E-state index contributed by atoms with van der Waals surface area (Å²) in [6.45, 7) is 8.06. The van der Waals surface area contributed by atoms with Gasteiger partial charge in [-0.2, -0.15) is 0 Å². The van der Waals surface area contributed by atoms with Crippen molar-refractivity contribution in [3.63, 3.8) is 0 Å². The molecule has 2 heterocycles. The molecule has 2 aromatic rings. The molecule has 1 aromatic carbocycles. The first kappa shape index (κ1) is 18.8. The molecule has 0 saturated carbocycles. The quantitative estimate of drug-likeness (QED) is 0.605. The van der Waals surface area contributed by atoms with Gasteiger partial charge in [0.25, 0.3) is 0 Å². The fourth-order valence-electron chi connectivity index (χ4n) is 3.19. The Kier molecular flexibility index (Phi) is 6.95. The van der Waals surface area contributed by atoms with Gasteiger partial charge in [-0.15, -0.1) is 11.3 Å². The molecule has 0 aliphatic carbocycles. The number of ether oxygens (including phenoxy) is 1. The Balaban J connectivity index is 1.53. The topological polar surface area (TPSA) is 36.9 Å². The lowest BCUT2D eigenvalue weighted by atomic mass is 10.1. The monoisotopic (exact) mass is 371 g/mol. The van der Waals surface area contributed by atoms with Crippen LogP contribution in [-0.2, 0) is 0 Å². The summed E-state index contributed by atoms with van der Waals surface area (Å²) in [7, 11) is 0. The molecule has 1 fully saturated rings. The summed E-state index contributed by atoms with van der Waals surface area (Å²) in [5.41, 5.74) is 0. The van der Waals surface area contributed by atoms with Gasteiger partial charge in [-0.1, -0.05) is 31.2 Å². The Hall–Kier alpha value is -2.01. The van der Waals surface area contributed by atoms with E-state index in [9.17, 15) is 0 Å². The minimum Gasteiger partial charge on any atom is -0.490 e. The van der Waals surface area contributed by atoms with Gasteiger partial charge in [-0.05, 0) is 30.5 Å². The van der Waals surface area contributed by atoms with Crippen LogP contribution >= 0.6 is 11.3 Å². The average molecular weight is 372 g/mol. The lowest BCUT2D eigenvalue weighted by Crippen LogP contribution is -2.47. The highest BCUT2D eigenvalue weighted by atomic mass is 32.1. The molecule has 0 amide bonds. The Labute approximate surface area is 160 Å². The highest BCUT2D eigenvalue weighted by molar-refractivity contribution is 7.10. The van der Waals surface area contributed by atoms with Gasteiger partial charge < -0.3 is 15.0 Å². The van der Waals surface area contributed by atoms with E-state index in [1.807, 2.05) is 41.7 Å². The SMILES string of the molecule is CCNC(=NCC(C)c1cccs1)N1CCC(Oc2ccccc2)CC1. The zero-order chi connectivity index (χ0) is 18.2. The van der Waals surface area contributed by atoms with Crippen LogP contribution in [-0.4, -0.2) is 43.1 Å². The third-order valence-electron chi connectivity index (χ3n) is 4.67. The second-order valence-corrected chi connectivity index (χ2v) is 7.71. The van der Waals surface area contributed by atoms with Crippen LogP contribution in [0.1, 0.15) is 37.5 Å². The molecule has 5 heteroatoms. The van der Waals surface area contributed by atoms with E-state index in [4.69, 9.17) is 9.73 Å². The normalized spacial score (nSPS) is 17.2. The largest absolute Gasteiger partial charge is 0.490 e. The summed E-state index contributed by atoms with van der Waals surface area (Å²) in [6.07, 6.45) is 2.35. The third kappa shape index (κ3) is 5.24. The van der Waals surface area contributed by atoms with Crippen molar-refractivity contribution in [1.29, 1.82) is 0 Å². The molecular weight excluding hydrogens is 342 g/mol. The standard InChI is InChI=1S/C21H29N3OS/c1-3-22-21(23-16-17(2)20-10-7-15-26-20)24-13-11-19(12-14-24)25-18-8-5-4-6-9-18/h4-10,15,17,19H,3,11-14,16H2,1-2H3,(H,22,23). The molecule has 1 saturated heterocycles.